The van der Waals surface area contributed by atoms with Crippen molar-refractivity contribution in [2.45, 2.75) is 17.6 Å². The molecule has 0 aliphatic carbocycles. The van der Waals surface area contributed by atoms with Crippen LogP contribution >= 0.6 is 11.3 Å². The first-order chi connectivity index (χ1) is 13.3. The van der Waals surface area contributed by atoms with E-state index in [4.69, 9.17) is 4.74 Å². The number of aromatic nitrogens is 2. The number of benzene rings is 2. The number of carbonyl (C=O) groups excluding carboxylic acids is 2. The third kappa shape index (κ3) is 4.99. The highest BCUT2D eigenvalue weighted by Crippen LogP contribution is 2.22. The molecule has 0 spiro atoms. The molecule has 1 amide bonds. The average Bonchev–Trinajstić information content (AvgIpc) is 3.08. The number of anilines is 1. The zero-order valence-electron chi connectivity index (χ0n) is 14.7. The highest BCUT2D eigenvalue weighted by molar-refractivity contribution is 7.90. The molecule has 3 aromatic rings. The van der Waals surface area contributed by atoms with E-state index in [2.05, 4.69) is 15.5 Å². The summed E-state index contributed by atoms with van der Waals surface area (Å²) >= 11 is 0.986. The van der Waals surface area contributed by atoms with E-state index in [1.54, 1.807) is 18.2 Å². The van der Waals surface area contributed by atoms with Gasteiger partial charge in [0, 0.05) is 12.5 Å². The van der Waals surface area contributed by atoms with Crippen molar-refractivity contribution in [2.75, 3.05) is 5.32 Å². The minimum atomic E-state index is -3.54. The summed E-state index contributed by atoms with van der Waals surface area (Å²) in [4.78, 5) is 23.4. The lowest BCUT2D eigenvalue weighted by atomic mass is 10.2. The summed E-state index contributed by atoms with van der Waals surface area (Å²) < 4.78 is 29.7. The van der Waals surface area contributed by atoms with Crippen molar-refractivity contribution in [1.82, 2.24) is 10.2 Å². The van der Waals surface area contributed by atoms with Crippen molar-refractivity contribution < 1.29 is 22.7 Å². The Morgan fingerprint density at radius 2 is 1.71 bits per heavy atom. The molecule has 144 valence electrons. The maximum absolute atomic E-state index is 12.4. The smallest absolute Gasteiger partial charge is 0.308 e. The van der Waals surface area contributed by atoms with Crippen LogP contribution in [0.3, 0.4) is 0 Å². The van der Waals surface area contributed by atoms with Crippen LogP contribution < -0.4 is 10.1 Å². The lowest BCUT2D eigenvalue weighted by Crippen LogP contribution is -2.11. The van der Waals surface area contributed by atoms with Crippen molar-refractivity contribution >= 4 is 38.2 Å². The number of nitrogens with zero attached hydrogens (tertiary/aromatic N) is 2. The summed E-state index contributed by atoms with van der Waals surface area (Å²) in [6.45, 7) is 1.28. The summed E-state index contributed by atoms with van der Waals surface area (Å²) in [5.41, 5.74) is 0.324. The number of sulfone groups is 1. The molecular formula is C18H15N3O5S2. The second kappa shape index (κ2) is 8.28. The molecule has 0 atom stereocenters. The van der Waals surface area contributed by atoms with Gasteiger partial charge < -0.3 is 4.74 Å². The van der Waals surface area contributed by atoms with Gasteiger partial charge in [0.25, 0.3) is 5.91 Å². The molecule has 0 fully saturated rings. The zero-order chi connectivity index (χ0) is 20.1. The van der Waals surface area contributed by atoms with Gasteiger partial charge in [-0.15, -0.1) is 10.2 Å². The zero-order valence-corrected chi connectivity index (χ0v) is 16.3. The maximum Gasteiger partial charge on any atom is 0.308 e. The van der Waals surface area contributed by atoms with Crippen molar-refractivity contribution in [2.24, 2.45) is 0 Å². The Morgan fingerprint density at radius 1 is 1.04 bits per heavy atom. The standard InChI is InChI=1S/C18H15N3O5S2/c1-12(22)26-14-9-7-13(8-10-14)17(23)19-18-21-20-16(27-18)11-28(24,25)15-5-3-2-4-6-15/h2-10H,11H2,1H3,(H,19,21,23). The predicted molar refractivity (Wildman–Crippen MR) is 103 cm³/mol. The van der Waals surface area contributed by atoms with Gasteiger partial charge >= 0.3 is 5.97 Å². The summed E-state index contributed by atoms with van der Waals surface area (Å²) in [6, 6.07) is 14.0. The molecule has 10 heteroatoms. The van der Waals surface area contributed by atoms with Gasteiger partial charge in [-0.2, -0.15) is 0 Å². The van der Waals surface area contributed by atoms with Crippen LogP contribution in [0.1, 0.15) is 22.3 Å². The van der Waals surface area contributed by atoms with Crippen LogP contribution in [0.2, 0.25) is 0 Å². The Bertz CT molecular complexity index is 1090. The van der Waals surface area contributed by atoms with E-state index in [9.17, 15) is 18.0 Å². The van der Waals surface area contributed by atoms with Gasteiger partial charge in [-0.05, 0) is 36.4 Å². The van der Waals surface area contributed by atoms with Crippen molar-refractivity contribution in [1.29, 1.82) is 0 Å². The lowest BCUT2D eigenvalue weighted by molar-refractivity contribution is -0.131. The number of rotatable bonds is 6. The Hall–Kier alpha value is -3.11. The van der Waals surface area contributed by atoms with Gasteiger partial charge in [0.15, 0.2) is 9.84 Å². The van der Waals surface area contributed by atoms with Crippen LogP contribution in [0.5, 0.6) is 5.75 Å². The normalized spacial score (nSPS) is 11.0. The molecule has 0 saturated carbocycles. The van der Waals surface area contributed by atoms with Gasteiger partial charge in [-0.25, -0.2) is 8.42 Å². The van der Waals surface area contributed by atoms with E-state index >= 15 is 0 Å². The number of esters is 1. The molecule has 0 unspecified atom stereocenters. The molecule has 8 nitrogen and oxygen atoms in total. The maximum atomic E-state index is 12.4. The Kier molecular flexibility index (Phi) is 5.81. The van der Waals surface area contributed by atoms with E-state index in [1.807, 2.05) is 0 Å². The van der Waals surface area contributed by atoms with Gasteiger partial charge in [-0.1, -0.05) is 29.5 Å². The van der Waals surface area contributed by atoms with Crippen molar-refractivity contribution in [3.63, 3.8) is 0 Å². The largest absolute Gasteiger partial charge is 0.427 e. The van der Waals surface area contributed by atoms with E-state index in [1.165, 1.54) is 43.3 Å². The Morgan fingerprint density at radius 3 is 2.36 bits per heavy atom. The molecular weight excluding hydrogens is 402 g/mol. The molecule has 0 saturated heterocycles. The van der Waals surface area contributed by atoms with Crippen LogP contribution in [0.4, 0.5) is 5.13 Å². The van der Waals surface area contributed by atoms with E-state index in [-0.39, 0.29) is 20.8 Å². The fraction of sp³-hybridized carbons (Fsp3) is 0.111. The molecule has 0 radical (unpaired) electrons. The first-order valence-electron chi connectivity index (χ1n) is 8.03. The second-order valence-electron chi connectivity index (χ2n) is 5.65. The van der Waals surface area contributed by atoms with Crippen LogP contribution in [0.15, 0.2) is 59.5 Å². The number of hydrogen-bond acceptors (Lipinski definition) is 8. The number of hydrogen-bond donors (Lipinski definition) is 1. The summed E-state index contributed by atoms with van der Waals surface area (Å²) in [7, 11) is -3.54. The van der Waals surface area contributed by atoms with Gasteiger partial charge in [0.05, 0.1) is 4.90 Å². The van der Waals surface area contributed by atoms with Crippen molar-refractivity contribution in [3.05, 3.63) is 65.2 Å². The number of amides is 1. The fourth-order valence-electron chi connectivity index (χ4n) is 2.25. The molecule has 0 bridgehead atoms. The quantitative estimate of drug-likeness (QED) is 0.484. The summed E-state index contributed by atoms with van der Waals surface area (Å²) in [5, 5.41) is 10.7. The summed E-state index contributed by atoms with van der Waals surface area (Å²) in [6.07, 6.45) is 0. The Balaban J connectivity index is 1.66. The molecule has 1 heterocycles. The molecule has 3 rings (SSSR count). The number of nitrogens with one attached hydrogen (secondary N) is 1. The number of ether oxygens (including phenoxy) is 1. The van der Waals surface area contributed by atoms with E-state index in [0.29, 0.717) is 11.3 Å². The highest BCUT2D eigenvalue weighted by Gasteiger charge is 2.19. The summed E-state index contributed by atoms with van der Waals surface area (Å²) in [5.74, 6) is -0.873. The predicted octanol–water partition coefficient (Wildman–Crippen LogP) is 2.69. The highest BCUT2D eigenvalue weighted by atomic mass is 32.2. The third-order valence-electron chi connectivity index (χ3n) is 3.48. The van der Waals surface area contributed by atoms with Crippen LogP contribution in [-0.2, 0) is 20.4 Å². The van der Waals surface area contributed by atoms with E-state index in [0.717, 1.165) is 11.3 Å². The molecule has 0 aliphatic rings. The van der Waals surface area contributed by atoms with Crippen molar-refractivity contribution in [3.8, 4) is 5.75 Å². The van der Waals surface area contributed by atoms with Gasteiger partial charge in [0.2, 0.25) is 5.13 Å². The van der Waals surface area contributed by atoms with Gasteiger partial charge in [-0.3, -0.25) is 14.9 Å². The topological polar surface area (TPSA) is 115 Å². The van der Waals surface area contributed by atoms with Crippen LogP contribution in [0.25, 0.3) is 0 Å². The minimum Gasteiger partial charge on any atom is -0.427 e. The average molecular weight is 417 g/mol. The monoisotopic (exact) mass is 417 g/mol. The first-order valence-corrected chi connectivity index (χ1v) is 10.5. The van der Waals surface area contributed by atoms with Crippen LogP contribution in [0, 0.1) is 0 Å². The molecule has 28 heavy (non-hydrogen) atoms. The van der Waals surface area contributed by atoms with Crippen LogP contribution in [-0.4, -0.2) is 30.5 Å². The Labute approximate surface area is 165 Å². The first kappa shape index (κ1) is 19.6. The molecule has 1 N–H and O–H groups in total. The van der Waals surface area contributed by atoms with Gasteiger partial charge in [0.1, 0.15) is 16.5 Å². The minimum absolute atomic E-state index is 0.187. The van der Waals surface area contributed by atoms with E-state index < -0.39 is 21.7 Å². The second-order valence-corrected chi connectivity index (χ2v) is 8.70. The number of carbonyl (C=O) groups is 2. The molecule has 1 aromatic heterocycles. The lowest BCUT2D eigenvalue weighted by Gasteiger charge is -2.03. The third-order valence-corrected chi connectivity index (χ3v) is 6.15. The fourth-order valence-corrected chi connectivity index (χ4v) is 4.60. The SMILES string of the molecule is CC(=O)Oc1ccc(C(=O)Nc2nnc(CS(=O)(=O)c3ccccc3)s2)cc1. The molecule has 2 aromatic carbocycles. The molecule has 0 aliphatic heterocycles.